The first-order valence-corrected chi connectivity index (χ1v) is 9.22. The van der Waals surface area contributed by atoms with Crippen molar-refractivity contribution in [3.8, 4) is 0 Å². The fourth-order valence-corrected chi connectivity index (χ4v) is 2.75. The van der Waals surface area contributed by atoms with Crippen LogP contribution in [0.25, 0.3) is 0 Å². The Hall–Kier alpha value is -0.690. The molecule has 0 radical (unpaired) electrons. The summed E-state index contributed by atoms with van der Waals surface area (Å²) in [5, 5.41) is 0.487. The first kappa shape index (κ1) is 19.4. The van der Waals surface area contributed by atoms with Crippen molar-refractivity contribution >= 4 is 49.6 Å². The summed E-state index contributed by atoms with van der Waals surface area (Å²) >= 11 is 5.94. The second-order valence-electron chi connectivity index (χ2n) is 5.22. The Balaban J connectivity index is 2.15. The van der Waals surface area contributed by atoms with Crippen LogP contribution < -0.4 is 0 Å². The molecule has 22 heavy (non-hydrogen) atoms. The second kappa shape index (κ2) is 10.2. The Morgan fingerprint density at radius 1 is 0.909 bits per heavy atom. The summed E-state index contributed by atoms with van der Waals surface area (Å²) < 4.78 is 0.134. The molecule has 1 rings (SSSR count). The van der Waals surface area contributed by atoms with E-state index in [1.807, 2.05) is 0 Å². The van der Waals surface area contributed by atoms with Crippen molar-refractivity contribution in [2.45, 2.75) is 64.7 Å². The monoisotopic (exact) mass is 437 g/mol. The van der Waals surface area contributed by atoms with E-state index in [4.69, 9.17) is 4.84 Å². The Bertz CT molecular complexity index is 438. The van der Waals surface area contributed by atoms with Gasteiger partial charge in [0.15, 0.2) is 0 Å². The highest BCUT2D eigenvalue weighted by Gasteiger charge is 2.39. The third-order valence-corrected chi connectivity index (χ3v) is 5.37. The lowest BCUT2D eigenvalue weighted by Gasteiger charge is -2.12. The van der Waals surface area contributed by atoms with Crippen molar-refractivity contribution < 1.29 is 19.2 Å². The number of imide groups is 1. The predicted molar refractivity (Wildman–Crippen MR) is 90.1 cm³/mol. The molecule has 0 bridgehead atoms. The van der Waals surface area contributed by atoms with Gasteiger partial charge in [0.2, 0.25) is 0 Å². The van der Waals surface area contributed by atoms with Crippen LogP contribution in [-0.2, 0) is 19.2 Å². The summed E-state index contributed by atoms with van der Waals surface area (Å²) in [5.74, 6) is -1.89. The molecule has 1 aliphatic rings. The molecule has 2 amide bonds. The maximum atomic E-state index is 11.7. The zero-order valence-corrected chi connectivity index (χ0v) is 15.9. The smallest absolute Gasteiger partial charge is 0.330 e. The van der Waals surface area contributed by atoms with Crippen LogP contribution in [0, 0.1) is 0 Å². The highest BCUT2D eigenvalue weighted by molar-refractivity contribution is 9.14. The number of carbonyl (C=O) groups excluding carboxylic acids is 3. The van der Waals surface area contributed by atoms with Crippen LogP contribution in [0.2, 0.25) is 0 Å². The van der Waals surface area contributed by atoms with E-state index in [2.05, 4.69) is 38.8 Å². The summed E-state index contributed by atoms with van der Waals surface area (Å²) in [6.45, 7) is 2.19. The van der Waals surface area contributed by atoms with Crippen LogP contribution in [-0.4, -0.2) is 22.8 Å². The van der Waals surface area contributed by atoms with Gasteiger partial charge in [-0.3, -0.25) is 9.59 Å². The third kappa shape index (κ3) is 5.83. The number of carbonyl (C=O) groups is 3. The topological polar surface area (TPSA) is 63.7 Å². The Morgan fingerprint density at radius 2 is 1.36 bits per heavy atom. The fraction of sp³-hybridized carbons (Fsp3) is 0.667. The van der Waals surface area contributed by atoms with Crippen LogP contribution >= 0.6 is 31.9 Å². The summed E-state index contributed by atoms with van der Waals surface area (Å²) in [7, 11) is 0. The molecule has 0 saturated heterocycles. The largest absolute Gasteiger partial charge is 0.333 e. The number of amides is 2. The molecule has 0 atom stereocenters. The van der Waals surface area contributed by atoms with E-state index >= 15 is 0 Å². The molecule has 0 aromatic carbocycles. The van der Waals surface area contributed by atoms with Crippen LogP contribution in [0.3, 0.4) is 0 Å². The van der Waals surface area contributed by atoms with E-state index in [1.165, 1.54) is 32.1 Å². The molecule has 0 saturated carbocycles. The lowest BCUT2D eigenvalue weighted by Crippen LogP contribution is -2.33. The Morgan fingerprint density at radius 3 is 1.86 bits per heavy atom. The minimum atomic E-state index is -0.666. The molecule has 1 aliphatic heterocycles. The van der Waals surface area contributed by atoms with E-state index in [-0.39, 0.29) is 15.4 Å². The van der Waals surface area contributed by atoms with Gasteiger partial charge in [-0.2, -0.15) is 0 Å². The maximum Gasteiger partial charge on any atom is 0.333 e. The normalized spacial score (nSPS) is 15.0. The lowest BCUT2D eigenvalue weighted by molar-refractivity contribution is -0.196. The minimum absolute atomic E-state index is 0.0670. The van der Waals surface area contributed by atoms with E-state index in [9.17, 15) is 14.4 Å². The van der Waals surface area contributed by atoms with Crippen molar-refractivity contribution in [3.63, 3.8) is 0 Å². The molecule has 0 aromatic heterocycles. The summed E-state index contributed by atoms with van der Waals surface area (Å²) in [6.07, 6.45) is 9.18. The molecule has 124 valence electrons. The molecular weight excluding hydrogens is 418 g/mol. The quantitative estimate of drug-likeness (QED) is 0.375. The summed E-state index contributed by atoms with van der Waals surface area (Å²) in [6, 6.07) is 0. The van der Waals surface area contributed by atoms with Crippen LogP contribution in [0.15, 0.2) is 8.96 Å². The standard InChI is InChI=1S/C15H21Br2NO4/c1-2-3-4-5-6-7-8-9-10-11(19)22-18-14(20)12(16)13(17)15(18)21/h2-10H2,1H3. The Labute approximate surface area is 147 Å². The van der Waals surface area contributed by atoms with Crippen LogP contribution in [0.5, 0.6) is 0 Å². The highest BCUT2D eigenvalue weighted by Crippen LogP contribution is 2.29. The predicted octanol–water partition coefficient (Wildman–Crippen LogP) is 4.35. The van der Waals surface area contributed by atoms with Gasteiger partial charge >= 0.3 is 17.8 Å². The highest BCUT2D eigenvalue weighted by atomic mass is 79.9. The second-order valence-corrected chi connectivity index (χ2v) is 6.81. The molecule has 7 heteroatoms. The molecule has 0 aliphatic carbocycles. The number of hydrogen-bond donors (Lipinski definition) is 0. The molecule has 0 N–H and O–H groups in total. The number of rotatable bonds is 10. The zero-order chi connectivity index (χ0) is 16.5. The maximum absolute atomic E-state index is 11.7. The van der Waals surface area contributed by atoms with Gasteiger partial charge in [0, 0.05) is 6.42 Å². The van der Waals surface area contributed by atoms with Crippen LogP contribution in [0.4, 0.5) is 0 Å². The first-order chi connectivity index (χ1) is 10.5. The SMILES string of the molecule is CCCCCCCCCCC(=O)ON1C(=O)C(Br)=C(Br)C1=O. The average Bonchev–Trinajstić information content (AvgIpc) is 2.68. The molecule has 0 aromatic rings. The van der Waals surface area contributed by atoms with Gasteiger partial charge in [-0.15, -0.1) is 0 Å². The third-order valence-electron chi connectivity index (χ3n) is 3.36. The van der Waals surface area contributed by atoms with E-state index in [0.29, 0.717) is 11.5 Å². The van der Waals surface area contributed by atoms with Crippen molar-refractivity contribution in [2.75, 3.05) is 0 Å². The Kier molecular flexibility index (Phi) is 8.93. The van der Waals surface area contributed by atoms with Crippen LogP contribution in [0.1, 0.15) is 64.7 Å². The van der Waals surface area contributed by atoms with E-state index in [0.717, 1.165) is 12.8 Å². The molecule has 0 unspecified atom stereocenters. The lowest BCUT2D eigenvalue weighted by atomic mass is 10.1. The van der Waals surface area contributed by atoms with Gasteiger partial charge in [0.25, 0.3) is 0 Å². The van der Waals surface area contributed by atoms with Crippen molar-refractivity contribution in [1.29, 1.82) is 0 Å². The van der Waals surface area contributed by atoms with Gasteiger partial charge in [0.1, 0.15) is 8.96 Å². The van der Waals surface area contributed by atoms with Gasteiger partial charge in [-0.05, 0) is 38.3 Å². The summed E-state index contributed by atoms with van der Waals surface area (Å²) in [5.41, 5.74) is 0. The van der Waals surface area contributed by atoms with Gasteiger partial charge in [0.05, 0.1) is 0 Å². The average molecular weight is 439 g/mol. The van der Waals surface area contributed by atoms with Crippen molar-refractivity contribution in [2.24, 2.45) is 0 Å². The molecule has 0 fully saturated rings. The van der Waals surface area contributed by atoms with Gasteiger partial charge < -0.3 is 4.84 Å². The first-order valence-electron chi connectivity index (χ1n) is 7.63. The number of hydrogen-bond acceptors (Lipinski definition) is 4. The molecular formula is C15H21Br2NO4. The molecule has 1 heterocycles. The number of hydroxylamine groups is 2. The minimum Gasteiger partial charge on any atom is -0.330 e. The number of nitrogens with zero attached hydrogens (tertiary/aromatic N) is 1. The van der Waals surface area contributed by atoms with Gasteiger partial charge in [-0.1, -0.05) is 56.9 Å². The van der Waals surface area contributed by atoms with Crippen molar-refractivity contribution in [1.82, 2.24) is 5.06 Å². The molecule has 5 nitrogen and oxygen atoms in total. The molecule has 0 spiro atoms. The zero-order valence-electron chi connectivity index (χ0n) is 12.7. The fourth-order valence-electron chi connectivity index (χ4n) is 2.09. The van der Waals surface area contributed by atoms with Gasteiger partial charge in [-0.25, -0.2) is 4.79 Å². The van der Waals surface area contributed by atoms with E-state index in [1.54, 1.807) is 0 Å². The number of halogens is 2. The summed E-state index contributed by atoms with van der Waals surface area (Å²) in [4.78, 5) is 39.8. The van der Waals surface area contributed by atoms with E-state index < -0.39 is 17.8 Å². The van der Waals surface area contributed by atoms with Crippen molar-refractivity contribution in [3.05, 3.63) is 8.96 Å². The number of unbranched alkanes of at least 4 members (excludes halogenated alkanes) is 7.